The van der Waals surface area contributed by atoms with Crippen LogP contribution in [0, 0.1) is 13.8 Å². The van der Waals surface area contributed by atoms with Gasteiger partial charge in [-0.1, -0.05) is 59.7 Å². The molecule has 122 valence electrons. The van der Waals surface area contributed by atoms with Crippen molar-refractivity contribution in [3.63, 3.8) is 0 Å². The summed E-state index contributed by atoms with van der Waals surface area (Å²) in [6, 6.07) is 15.3. The molecule has 1 amide bonds. The van der Waals surface area contributed by atoms with E-state index in [0.29, 0.717) is 0 Å². The molecule has 23 heavy (non-hydrogen) atoms. The van der Waals surface area contributed by atoms with E-state index in [-0.39, 0.29) is 18.6 Å². The normalized spacial score (nSPS) is 12.2. The molecule has 0 aliphatic rings. The molecule has 0 heterocycles. The topological polar surface area (TPSA) is 64.3 Å². The van der Waals surface area contributed by atoms with E-state index in [0.717, 1.165) is 22.3 Å². The van der Waals surface area contributed by atoms with Crippen LogP contribution in [0.25, 0.3) is 0 Å². The largest absolute Gasteiger partial charge is 0.383 e. The summed E-state index contributed by atoms with van der Waals surface area (Å²) in [4.78, 5) is 12.3. The minimum absolute atomic E-state index is 0.195. The lowest BCUT2D eigenvalue weighted by Gasteiger charge is -2.22. The molecule has 0 saturated carbocycles. The molecule has 0 spiro atoms. The van der Waals surface area contributed by atoms with Crippen LogP contribution in [0.1, 0.15) is 28.3 Å². The van der Waals surface area contributed by atoms with Crippen molar-refractivity contribution >= 4 is 5.91 Å². The summed E-state index contributed by atoms with van der Waals surface area (Å²) in [7, 11) is 1.53. The molecule has 0 saturated heterocycles. The molecular weight excluding hydrogens is 288 g/mol. The first-order valence-corrected chi connectivity index (χ1v) is 7.69. The Morgan fingerprint density at radius 2 is 1.61 bits per heavy atom. The van der Waals surface area contributed by atoms with Crippen molar-refractivity contribution in [3.8, 4) is 0 Å². The standard InChI is InChI=1S/C19H24N2O2/c1-13-6-4-8-15(10-13)18(16-9-5-7-14(2)11-16)21-19(22)17(20)12-23-3/h4-11,17-18H,12,20H2,1-3H3,(H,21,22). The average molecular weight is 312 g/mol. The lowest BCUT2D eigenvalue weighted by molar-refractivity contribution is -0.123. The molecule has 4 nitrogen and oxygen atoms in total. The van der Waals surface area contributed by atoms with Crippen LogP contribution in [0.5, 0.6) is 0 Å². The van der Waals surface area contributed by atoms with Crippen LogP contribution in [-0.2, 0) is 9.53 Å². The van der Waals surface area contributed by atoms with E-state index in [9.17, 15) is 4.79 Å². The van der Waals surface area contributed by atoms with Crippen LogP contribution >= 0.6 is 0 Å². The Kier molecular flexibility index (Phi) is 5.90. The van der Waals surface area contributed by atoms with Crippen molar-refractivity contribution < 1.29 is 9.53 Å². The molecule has 4 heteroatoms. The number of nitrogens with two attached hydrogens (primary N) is 1. The molecule has 0 fully saturated rings. The van der Waals surface area contributed by atoms with Gasteiger partial charge < -0.3 is 15.8 Å². The molecule has 0 aliphatic heterocycles. The quantitative estimate of drug-likeness (QED) is 0.861. The van der Waals surface area contributed by atoms with Crippen LogP contribution in [0.4, 0.5) is 0 Å². The number of carbonyl (C=O) groups excluding carboxylic acids is 1. The number of hydrogen-bond acceptors (Lipinski definition) is 3. The second-order valence-electron chi connectivity index (χ2n) is 5.83. The number of nitrogens with one attached hydrogen (secondary N) is 1. The third-order valence-corrected chi connectivity index (χ3v) is 3.72. The van der Waals surface area contributed by atoms with E-state index in [1.54, 1.807) is 0 Å². The van der Waals surface area contributed by atoms with Gasteiger partial charge >= 0.3 is 0 Å². The van der Waals surface area contributed by atoms with E-state index in [1.807, 2.05) is 50.2 Å². The number of amides is 1. The van der Waals surface area contributed by atoms with E-state index in [1.165, 1.54) is 7.11 Å². The number of benzene rings is 2. The number of carbonyl (C=O) groups is 1. The van der Waals surface area contributed by atoms with E-state index in [2.05, 4.69) is 17.4 Å². The first-order chi connectivity index (χ1) is 11.0. The maximum atomic E-state index is 12.3. The van der Waals surface area contributed by atoms with E-state index >= 15 is 0 Å². The maximum Gasteiger partial charge on any atom is 0.240 e. The predicted molar refractivity (Wildman–Crippen MR) is 92.2 cm³/mol. The van der Waals surface area contributed by atoms with Crippen molar-refractivity contribution in [2.45, 2.75) is 25.9 Å². The van der Waals surface area contributed by atoms with Gasteiger partial charge in [-0.25, -0.2) is 0 Å². The zero-order chi connectivity index (χ0) is 16.8. The summed E-state index contributed by atoms with van der Waals surface area (Å²) in [5.74, 6) is -0.222. The van der Waals surface area contributed by atoms with Gasteiger partial charge in [-0.2, -0.15) is 0 Å². The number of hydrogen-bond donors (Lipinski definition) is 2. The van der Waals surface area contributed by atoms with Gasteiger partial charge in [-0.05, 0) is 25.0 Å². The minimum atomic E-state index is -0.683. The van der Waals surface area contributed by atoms with Gasteiger partial charge in [0.05, 0.1) is 12.6 Å². The minimum Gasteiger partial charge on any atom is -0.383 e. The average Bonchev–Trinajstić information content (AvgIpc) is 2.52. The van der Waals surface area contributed by atoms with Crippen LogP contribution in [0.15, 0.2) is 48.5 Å². The molecule has 0 radical (unpaired) electrons. The fourth-order valence-corrected chi connectivity index (χ4v) is 2.56. The maximum absolute atomic E-state index is 12.3. The Bertz CT molecular complexity index is 624. The number of ether oxygens (including phenoxy) is 1. The van der Waals surface area contributed by atoms with Crippen molar-refractivity contribution in [2.75, 3.05) is 13.7 Å². The number of methoxy groups -OCH3 is 1. The summed E-state index contributed by atoms with van der Waals surface area (Å²) >= 11 is 0. The Labute approximate surface area is 137 Å². The molecule has 0 bridgehead atoms. The first-order valence-electron chi connectivity index (χ1n) is 7.69. The van der Waals surface area contributed by atoms with Gasteiger partial charge in [0.15, 0.2) is 0 Å². The SMILES string of the molecule is COCC(N)C(=O)NC(c1cccc(C)c1)c1cccc(C)c1. The highest BCUT2D eigenvalue weighted by molar-refractivity contribution is 5.82. The fourth-order valence-electron chi connectivity index (χ4n) is 2.56. The summed E-state index contributed by atoms with van der Waals surface area (Å²) in [5.41, 5.74) is 10.2. The predicted octanol–water partition coefficient (Wildman–Crippen LogP) is 2.48. The monoisotopic (exact) mass is 312 g/mol. The highest BCUT2D eigenvalue weighted by Gasteiger charge is 2.21. The van der Waals surface area contributed by atoms with Gasteiger partial charge in [0.25, 0.3) is 0 Å². The molecule has 0 aromatic heterocycles. The Morgan fingerprint density at radius 1 is 1.09 bits per heavy atom. The van der Waals surface area contributed by atoms with Gasteiger partial charge in [0.2, 0.25) is 5.91 Å². The zero-order valence-electron chi connectivity index (χ0n) is 13.9. The fraction of sp³-hybridized carbons (Fsp3) is 0.316. The van der Waals surface area contributed by atoms with Crippen LogP contribution in [0.2, 0.25) is 0 Å². The van der Waals surface area contributed by atoms with E-state index in [4.69, 9.17) is 10.5 Å². The molecular formula is C19H24N2O2. The Hall–Kier alpha value is -2.17. The van der Waals surface area contributed by atoms with E-state index < -0.39 is 6.04 Å². The number of rotatable bonds is 6. The Morgan fingerprint density at radius 3 is 2.04 bits per heavy atom. The molecule has 2 aromatic rings. The van der Waals surface area contributed by atoms with Gasteiger partial charge in [0, 0.05) is 7.11 Å². The summed E-state index contributed by atoms with van der Waals surface area (Å²) in [5, 5.41) is 3.04. The van der Waals surface area contributed by atoms with Gasteiger partial charge in [-0.15, -0.1) is 0 Å². The lowest BCUT2D eigenvalue weighted by Crippen LogP contribution is -2.45. The summed E-state index contributed by atoms with van der Waals surface area (Å²) in [6.45, 7) is 4.27. The highest BCUT2D eigenvalue weighted by atomic mass is 16.5. The van der Waals surface area contributed by atoms with Crippen molar-refractivity contribution in [1.29, 1.82) is 0 Å². The van der Waals surface area contributed by atoms with Crippen LogP contribution < -0.4 is 11.1 Å². The molecule has 0 aliphatic carbocycles. The van der Waals surface area contributed by atoms with Crippen molar-refractivity contribution in [2.24, 2.45) is 5.73 Å². The molecule has 1 atom stereocenters. The molecule has 2 aromatic carbocycles. The van der Waals surface area contributed by atoms with Crippen molar-refractivity contribution in [1.82, 2.24) is 5.32 Å². The number of aryl methyl sites for hydroxylation is 2. The first kappa shape index (κ1) is 17.2. The third kappa shape index (κ3) is 4.65. The summed E-state index contributed by atoms with van der Waals surface area (Å²) < 4.78 is 4.97. The molecule has 2 rings (SSSR count). The summed E-state index contributed by atoms with van der Waals surface area (Å²) in [6.07, 6.45) is 0. The van der Waals surface area contributed by atoms with Gasteiger partial charge in [-0.3, -0.25) is 4.79 Å². The van der Waals surface area contributed by atoms with Crippen LogP contribution in [-0.4, -0.2) is 25.7 Å². The highest BCUT2D eigenvalue weighted by Crippen LogP contribution is 2.23. The second-order valence-corrected chi connectivity index (χ2v) is 5.83. The smallest absolute Gasteiger partial charge is 0.240 e. The van der Waals surface area contributed by atoms with Crippen molar-refractivity contribution in [3.05, 3.63) is 70.8 Å². The van der Waals surface area contributed by atoms with Gasteiger partial charge in [0.1, 0.15) is 6.04 Å². The van der Waals surface area contributed by atoms with Crippen LogP contribution in [0.3, 0.4) is 0 Å². The second kappa shape index (κ2) is 7.90. The lowest BCUT2D eigenvalue weighted by atomic mass is 9.96. The zero-order valence-corrected chi connectivity index (χ0v) is 13.9. The molecule has 1 unspecified atom stereocenters. The molecule has 3 N–H and O–H groups in total. The Balaban J connectivity index is 2.34. The third-order valence-electron chi connectivity index (χ3n) is 3.72.